The molecular weight excluding hydrogens is 195 g/mol. The first-order valence-corrected chi connectivity index (χ1v) is 5.29. The zero-order valence-electron chi connectivity index (χ0n) is 9.31. The number of ether oxygens (including phenoxy) is 1. The molecular formula is C14H13BO. The number of aryl methyl sites for hydroxylation is 1. The molecule has 0 atom stereocenters. The normalized spacial score (nSPS) is 10.1. The van der Waals surface area contributed by atoms with Crippen molar-refractivity contribution >= 4 is 7.85 Å². The maximum absolute atomic E-state index is 5.30. The molecule has 0 fully saturated rings. The monoisotopic (exact) mass is 208 g/mol. The first-order chi connectivity index (χ1) is 7.79. The summed E-state index contributed by atoms with van der Waals surface area (Å²) < 4.78 is 5.19. The van der Waals surface area contributed by atoms with Crippen molar-refractivity contribution in [3.63, 3.8) is 0 Å². The van der Waals surface area contributed by atoms with Gasteiger partial charge in [0.15, 0.2) is 0 Å². The number of rotatable bonds is 3. The molecule has 78 valence electrons. The van der Waals surface area contributed by atoms with Gasteiger partial charge in [0.25, 0.3) is 0 Å². The average molecular weight is 208 g/mol. The van der Waals surface area contributed by atoms with Gasteiger partial charge in [-0.3, -0.25) is 0 Å². The maximum Gasteiger partial charge on any atom is 0.122 e. The lowest BCUT2D eigenvalue weighted by atomic mass is 10.0. The predicted octanol–water partition coefficient (Wildman–Crippen LogP) is 3.17. The van der Waals surface area contributed by atoms with Crippen molar-refractivity contribution in [1.29, 1.82) is 0 Å². The van der Waals surface area contributed by atoms with Crippen LogP contribution < -0.4 is 4.74 Å². The van der Waals surface area contributed by atoms with Crippen LogP contribution in [0.3, 0.4) is 0 Å². The molecule has 0 aromatic heterocycles. The summed E-state index contributed by atoms with van der Waals surface area (Å²) in [6.07, 6.45) is 0. The van der Waals surface area contributed by atoms with E-state index in [0.717, 1.165) is 5.75 Å². The standard InChI is InChI=1S/C14H13BO/c1-11-2-4-12(5-3-11)13-6-8-14(9-7-13)16-10-15/h2-9H,10H2,1H3. The van der Waals surface area contributed by atoms with Gasteiger partial charge in [-0.25, -0.2) is 0 Å². The fourth-order valence-corrected chi connectivity index (χ4v) is 1.59. The van der Waals surface area contributed by atoms with Gasteiger partial charge in [-0.2, -0.15) is 0 Å². The second-order valence-corrected chi connectivity index (χ2v) is 3.70. The van der Waals surface area contributed by atoms with E-state index in [1.165, 1.54) is 16.7 Å². The Morgan fingerprint density at radius 1 is 0.875 bits per heavy atom. The third-order valence-corrected chi connectivity index (χ3v) is 2.49. The molecule has 0 saturated heterocycles. The molecule has 0 N–H and O–H groups in total. The van der Waals surface area contributed by atoms with E-state index in [0.29, 0.717) is 0 Å². The summed E-state index contributed by atoms with van der Waals surface area (Å²) in [5.41, 5.74) is 3.67. The van der Waals surface area contributed by atoms with Gasteiger partial charge in [-0.15, -0.1) is 0 Å². The predicted molar refractivity (Wildman–Crippen MR) is 67.9 cm³/mol. The summed E-state index contributed by atoms with van der Waals surface area (Å²) in [5, 5.41) is 0. The lowest BCUT2D eigenvalue weighted by Crippen LogP contribution is -1.94. The van der Waals surface area contributed by atoms with Crippen LogP contribution in [0.4, 0.5) is 0 Å². The number of benzene rings is 2. The summed E-state index contributed by atoms with van der Waals surface area (Å²) in [4.78, 5) is 0. The van der Waals surface area contributed by atoms with Gasteiger partial charge in [0.2, 0.25) is 0 Å². The van der Waals surface area contributed by atoms with Crippen molar-refractivity contribution in [2.45, 2.75) is 6.92 Å². The lowest BCUT2D eigenvalue weighted by molar-refractivity contribution is 0.387. The molecule has 0 aliphatic rings. The van der Waals surface area contributed by atoms with E-state index in [1.807, 2.05) is 24.3 Å². The number of hydrogen-bond acceptors (Lipinski definition) is 1. The molecule has 1 nitrogen and oxygen atoms in total. The molecule has 0 aliphatic carbocycles. The van der Waals surface area contributed by atoms with Crippen LogP contribution in [0.15, 0.2) is 48.5 Å². The molecule has 0 saturated carbocycles. The van der Waals surface area contributed by atoms with Crippen LogP contribution in [-0.4, -0.2) is 14.4 Å². The topological polar surface area (TPSA) is 9.23 Å². The summed E-state index contributed by atoms with van der Waals surface area (Å²) in [7, 11) is 5.30. The zero-order valence-corrected chi connectivity index (χ0v) is 9.31. The van der Waals surface area contributed by atoms with Crippen LogP contribution in [0, 0.1) is 6.92 Å². The third kappa shape index (κ3) is 2.46. The molecule has 0 heterocycles. The highest BCUT2D eigenvalue weighted by Crippen LogP contribution is 2.22. The Morgan fingerprint density at radius 2 is 1.38 bits per heavy atom. The van der Waals surface area contributed by atoms with Crippen molar-refractivity contribution in [3.8, 4) is 16.9 Å². The quantitative estimate of drug-likeness (QED) is 0.704. The van der Waals surface area contributed by atoms with Crippen molar-refractivity contribution in [2.75, 3.05) is 6.51 Å². The zero-order chi connectivity index (χ0) is 11.4. The van der Waals surface area contributed by atoms with Crippen molar-refractivity contribution in [2.24, 2.45) is 0 Å². The van der Waals surface area contributed by atoms with Gasteiger partial charge in [-0.05, 0) is 30.2 Å². The van der Waals surface area contributed by atoms with Crippen LogP contribution in [0.2, 0.25) is 0 Å². The molecule has 0 aliphatic heterocycles. The Hall–Kier alpha value is -1.70. The third-order valence-electron chi connectivity index (χ3n) is 2.49. The minimum atomic E-state index is 0.212. The molecule has 2 aromatic rings. The SMILES string of the molecule is [B]COc1ccc(-c2ccc(C)cc2)cc1. The van der Waals surface area contributed by atoms with E-state index in [9.17, 15) is 0 Å². The smallest absolute Gasteiger partial charge is 0.122 e. The van der Waals surface area contributed by atoms with Gasteiger partial charge in [0.05, 0.1) is 0 Å². The highest BCUT2D eigenvalue weighted by Gasteiger charge is 1.97. The fourth-order valence-electron chi connectivity index (χ4n) is 1.59. The van der Waals surface area contributed by atoms with Crippen molar-refractivity contribution in [1.82, 2.24) is 0 Å². The first-order valence-electron chi connectivity index (χ1n) is 5.29. The van der Waals surface area contributed by atoms with E-state index in [2.05, 4.69) is 31.2 Å². The summed E-state index contributed by atoms with van der Waals surface area (Å²) in [6.45, 7) is 2.30. The van der Waals surface area contributed by atoms with Crippen LogP contribution >= 0.6 is 0 Å². The van der Waals surface area contributed by atoms with Gasteiger partial charge >= 0.3 is 0 Å². The molecule has 2 aromatic carbocycles. The van der Waals surface area contributed by atoms with E-state index >= 15 is 0 Å². The Balaban J connectivity index is 2.24. The van der Waals surface area contributed by atoms with Crippen molar-refractivity contribution in [3.05, 3.63) is 54.1 Å². The maximum atomic E-state index is 5.30. The molecule has 0 bridgehead atoms. The molecule has 2 rings (SSSR count). The van der Waals surface area contributed by atoms with Gasteiger partial charge < -0.3 is 4.74 Å². The second-order valence-electron chi connectivity index (χ2n) is 3.70. The summed E-state index contributed by atoms with van der Waals surface area (Å²) in [6, 6.07) is 16.4. The molecule has 0 amide bonds. The number of hydrogen-bond donors (Lipinski definition) is 0. The van der Waals surface area contributed by atoms with E-state index in [1.54, 1.807) is 0 Å². The highest BCUT2D eigenvalue weighted by molar-refractivity contribution is 6.08. The first kappa shape index (κ1) is 10.8. The molecule has 2 heteroatoms. The van der Waals surface area contributed by atoms with E-state index in [4.69, 9.17) is 12.6 Å². The van der Waals surface area contributed by atoms with Gasteiger partial charge in [0.1, 0.15) is 13.6 Å². The van der Waals surface area contributed by atoms with E-state index in [-0.39, 0.29) is 6.51 Å². The Bertz CT molecular complexity index is 445. The fraction of sp³-hybridized carbons (Fsp3) is 0.143. The van der Waals surface area contributed by atoms with Gasteiger partial charge in [-0.1, -0.05) is 42.0 Å². The van der Waals surface area contributed by atoms with Crippen LogP contribution in [0.1, 0.15) is 5.56 Å². The highest BCUT2D eigenvalue weighted by atomic mass is 16.5. The minimum Gasteiger partial charge on any atom is -0.504 e. The molecule has 0 spiro atoms. The van der Waals surface area contributed by atoms with Crippen LogP contribution in [-0.2, 0) is 0 Å². The average Bonchev–Trinajstić information content (AvgIpc) is 2.32. The lowest BCUT2D eigenvalue weighted by Gasteiger charge is -2.05. The Labute approximate surface area is 97.5 Å². The minimum absolute atomic E-state index is 0.212. The van der Waals surface area contributed by atoms with Gasteiger partial charge in [0, 0.05) is 6.51 Å². The van der Waals surface area contributed by atoms with Crippen LogP contribution in [0.5, 0.6) is 5.75 Å². The van der Waals surface area contributed by atoms with Crippen LogP contribution in [0.25, 0.3) is 11.1 Å². The Morgan fingerprint density at radius 3 is 1.88 bits per heavy atom. The Kier molecular flexibility index (Phi) is 3.30. The van der Waals surface area contributed by atoms with E-state index < -0.39 is 0 Å². The largest absolute Gasteiger partial charge is 0.504 e. The summed E-state index contributed by atoms with van der Waals surface area (Å²) in [5.74, 6) is 0.804. The molecule has 16 heavy (non-hydrogen) atoms. The second kappa shape index (κ2) is 4.89. The molecule has 2 radical (unpaired) electrons. The van der Waals surface area contributed by atoms with Crippen molar-refractivity contribution < 1.29 is 4.74 Å². The molecule has 0 unspecified atom stereocenters. The summed E-state index contributed by atoms with van der Waals surface area (Å²) >= 11 is 0.